The molecule has 3 aromatic rings. The van der Waals surface area contributed by atoms with Crippen molar-refractivity contribution in [3.8, 4) is 0 Å². The zero-order chi connectivity index (χ0) is 40.5. The second-order valence-electron chi connectivity index (χ2n) is 15.6. The molecule has 304 valence electrons. The van der Waals surface area contributed by atoms with E-state index in [0.717, 1.165) is 12.1 Å². The summed E-state index contributed by atoms with van der Waals surface area (Å²) in [6.07, 6.45) is 10.7. The lowest BCUT2D eigenvalue weighted by atomic mass is 9.80. The van der Waals surface area contributed by atoms with E-state index in [-0.39, 0.29) is 31.2 Å². The Morgan fingerprint density at radius 3 is 2.40 bits per heavy atom. The molecule has 2 aliphatic heterocycles. The molecule has 1 N–H and O–H groups in total. The van der Waals surface area contributed by atoms with Crippen LogP contribution in [0.25, 0.3) is 6.08 Å². The van der Waals surface area contributed by atoms with Gasteiger partial charge in [-0.2, -0.15) is 5.10 Å². The minimum Gasteiger partial charge on any atom is -0.442 e. The molecule has 3 aliphatic rings. The van der Waals surface area contributed by atoms with Crippen molar-refractivity contribution < 1.29 is 33.4 Å². The van der Waals surface area contributed by atoms with Gasteiger partial charge in [-0.1, -0.05) is 37.6 Å². The number of hydrogen-bond acceptors (Lipinski definition) is 10. The Kier molecular flexibility index (Phi) is 14.0. The van der Waals surface area contributed by atoms with E-state index in [4.69, 9.17) is 4.74 Å². The molecule has 2 amide bonds. The molecule has 1 aliphatic carbocycles. The van der Waals surface area contributed by atoms with Gasteiger partial charge in [0.15, 0.2) is 0 Å². The number of benzene rings is 1. The lowest BCUT2D eigenvalue weighted by molar-refractivity contribution is -0.140. The number of aliphatic hydroxyl groups is 1. The number of hydrogen-bond donors (Lipinski definition) is 1. The van der Waals surface area contributed by atoms with Crippen LogP contribution < -0.4 is 4.90 Å². The average molecular weight is 784 g/mol. The quantitative estimate of drug-likeness (QED) is 0.254. The van der Waals surface area contributed by atoms with Crippen molar-refractivity contribution in [1.29, 1.82) is 0 Å². The van der Waals surface area contributed by atoms with Gasteiger partial charge in [-0.3, -0.25) is 28.9 Å². The molecule has 2 saturated heterocycles. The van der Waals surface area contributed by atoms with E-state index >= 15 is 4.39 Å². The molecule has 4 heterocycles. The van der Waals surface area contributed by atoms with E-state index in [9.17, 15) is 24.3 Å². The van der Waals surface area contributed by atoms with Crippen molar-refractivity contribution in [2.75, 3.05) is 57.3 Å². The molecule has 14 heteroatoms. The van der Waals surface area contributed by atoms with Crippen LogP contribution in [0.15, 0.2) is 78.9 Å². The van der Waals surface area contributed by atoms with E-state index in [1.807, 2.05) is 49.2 Å². The summed E-state index contributed by atoms with van der Waals surface area (Å²) in [5, 5.41) is 14.9. The summed E-state index contributed by atoms with van der Waals surface area (Å²) in [5.74, 6) is -3.31. The highest BCUT2D eigenvalue weighted by atomic mass is 19.1. The van der Waals surface area contributed by atoms with Crippen LogP contribution in [-0.4, -0.2) is 123 Å². The summed E-state index contributed by atoms with van der Waals surface area (Å²) in [6.45, 7) is 10.9. The molecular weight excluding hydrogens is 730 g/mol. The number of carbonyl (C=O) groups excluding carboxylic acids is 4. The second kappa shape index (κ2) is 19.3. The number of anilines is 1. The summed E-state index contributed by atoms with van der Waals surface area (Å²) in [4.78, 5) is 65.4. The number of halogens is 1. The zero-order valence-corrected chi connectivity index (χ0v) is 33.1. The van der Waals surface area contributed by atoms with Crippen LogP contribution in [-0.2, 0) is 32.2 Å². The highest BCUT2D eigenvalue weighted by Gasteiger charge is 2.34. The molecule has 0 radical (unpaired) electrons. The summed E-state index contributed by atoms with van der Waals surface area (Å²) in [6, 6.07) is 10.4. The van der Waals surface area contributed by atoms with Gasteiger partial charge in [0.1, 0.15) is 18.5 Å². The maximum Gasteiger partial charge on any atom is 0.410 e. The Balaban J connectivity index is 1.14. The Labute approximate surface area is 333 Å². The van der Waals surface area contributed by atoms with E-state index in [0.29, 0.717) is 75.6 Å². The topological polar surface area (TPSA) is 141 Å². The summed E-state index contributed by atoms with van der Waals surface area (Å²) in [5.41, 5.74) is 2.86. The third-order valence-electron chi connectivity index (χ3n) is 11.3. The molecule has 2 aromatic heterocycles. The fourth-order valence-corrected chi connectivity index (χ4v) is 7.90. The predicted octanol–water partition coefficient (Wildman–Crippen LogP) is 4.62. The number of Topliss-reactive ketones (excluding diaryl/α,β-unsaturated/α-hetero) is 2. The highest BCUT2D eigenvalue weighted by molar-refractivity contribution is 6.38. The first kappa shape index (κ1) is 41.4. The predicted molar refractivity (Wildman–Crippen MR) is 213 cm³/mol. The molecule has 0 bridgehead atoms. The van der Waals surface area contributed by atoms with Gasteiger partial charge in [-0.05, 0) is 79.1 Å². The van der Waals surface area contributed by atoms with Crippen molar-refractivity contribution in [1.82, 2.24) is 29.5 Å². The van der Waals surface area contributed by atoms with Crippen LogP contribution in [0.2, 0.25) is 0 Å². The molecule has 13 nitrogen and oxygen atoms in total. The van der Waals surface area contributed by atoms with E-state index in [1.165, 1.54) is 12.1 Å². The highest BCUT2D eigenvalue weighted by Crippen LogP contribution is 2.30. The molecule has 0 saturated carbocycles. The van der Waals surface area contributed by atoms with Gasteiger partial charge in [0.25, 0.3) is 0 Å². The Morgan fingerprint density at radius 1 is 0.947 bits per heavy atom. The SMILES string of the molecule is C/C(=C\c1cc(F)cc(N2CCN(C(=O)Cn3cccn3)CC2)c1)[C@H]1C(=O)C(=O)C[C@H](O)CC[C@H](C)[C@@H](OC(=O)N2CCN(Cc3cccnc3)CC2)/C=C/[C@@H]1C. The molecule has 0 unspecified atom stereocenters. The van der Waals surface area contributed by atoms with E-state index < -0.39 is 47.5 Å². The minimum absolute atomic E-state index is 0.0332. The van der Waals surface area contributed by atoms with E-state index in [1.54, 1.807) is 58.2 Å². The van der Waals surface area contributed by atoms with Gasteiger partial charge in [-0.25, -0.2) is 9.18 Å². The molecule has 5 atom stereocenters. The van der Waals surface area contributed by atoms with Gasteiger partial charge >= 0.3 is 6.09 Å². The van der Waals surface area contributed by atoms with Crippen molar-refractivity contribution >= 4 is 35.3 Å². The number of aromatic nitrogens is 3. The number of carbonyl (C=O) groups is 4. The first-order valence-electron chi connectivity index (χ1n) is 19.9. The van der Waals surface area contributed by atoms with Gasteiger partial charge in [0, 0.05) is 95.8 Å². The van der Waals surface area contributed by atoms with Gasteiger partial charge in [0.2, 0.25) is 17.5 Å². The Morgan fingerprint density at radius 2 is 1.70 bits per heavy atom. The number of aliphatic hydroxyl groups excluding tert-OH is 1. The average Bonchev–Trinajstić information content (AvgIpc) is 3.71. The smallest absolute Gasteiger partial charge is 0.410 e. The van der Waals surface area contributed by atoms with Crippen LogP contribution in [0.5, 0.6) is 0 Å². The normalized spacial score (nSPS) is 25.1. The summed E-state index contributed by atoms with van der Waals surface area (Å²) >= 11 is 0. The number of ketones is 2. The number of ether oxygens (including phenoxy) is 1. The van der Waals surface area contributed by atoms with Gasteiger partial charge in [0.05, 0.1) is 12.0 Å². The third kappa shape index (κ3) is 11.2. The lowest BCUT2D eigenvalue weighted by Crippen LogP contribution is -2.49. The zero-order valence-electron chi connectivity index (χ0n) is 33.1. The molecule has 1 aromatic carbocycles. The molecule has 57 heavy (non-hydrogen) atoms. The van der Waals surface area contributed by atoms with Crippen LogP contribution in [0, 0.1) is 23.6 Å². The molecule has 6 rings (SSSR count). The van der Waals surface area contributed by atoms with Gasteiger partial charge < -0.3 is 24.5 Å². The lowest BCUT2D eigenvalue weighted by Gasteiger charge is -2.36. The van der Waals surface area contributed by atoms with Crippen LogP contribution in [0.3, 0.4) is 0 Å². The number of rotatable bonds is 8. The van der Waals surface area contributed by atoms with Crippen molar-refractivity contribution in [2.45, 2.75) is 65.3 Å². The molecule has 0 spiro atoms. The second-order valence-corrected chi connectivity index (χ2v) is 15.6. The maximum atomic E-state index is 15.1. The maximum absolute atomic E-state index is 15.1. The largest absolute Gasteiger partial charge is 0.442 e. The fraction of sp³-hybridized carbons (Fsp3) is 0.488. The standard InChI is InChI=1S/C43H54FN7O6/c1-30-7-9-37(52)26-38(53)42(55)41(31(2)8-10-39(30)57-43(56)50-16-14-47(15-17-50)28-33-6-4-11-45-27-33)32(3)22-34-23-35(44)25-36(24-34)48-18-20-49(21-19-48)40(54)29-51-13-5-12-46-51/h4-6,8,10-13,22-25,27,30-31,37,39,41,52H,7,9,14-21,26,28-29H2,1-3H3/b10-8+,32-22+/t30-,31-,37+,39-,41-/m0/s1. The van der Waals surface area contributed by atoms with Crippen molar-refractivity contribution in [2.24, 2.45) is 17.8 Å². The Hall–Kier alpha value is -5.21. The third-order valence-corrected chi connectivity index (χ3v) is 11.3. The first-order valence-corrected chi connectivity index (χ1v) is 19.9. The fourth-order valence-electron chi connectivity index (χ4n) is 7.90. The van der Waals surface area contributed by atoms with Gasteiger partial charge in [-0.15, -0.1) is 0 Å². The van der Waals surface area contributed by atoms with E-state index in [2.05, 4.69) is 15.0 Å². The van der Waals surface area contributed by atoms with Crippen LogP contribution in [0.1, 0.15) is 51.2 Å². The number of amides is 2. The monoisotopic (exact) mass is 783 g/mol. The number of pyridine rings is 1. The molecule has 2 fully saturated rings. The van der Waals surface area contributed by atoms with Crippen LogP contribution >= 0.6 is 0 Å². The molecular formula is C43H54FN7O6. The summed E-state index contributed by atoms with van der Waals surface area (Å²) in [7, 11) is 0. The summed E-state index contributed by atoms with van der Waals surface area (Å²) < 4.78 is 22.8. The van der Waals surface area contributed by atoms with Crippen LogP contribution in [0.4, 0.5) is 14.9 Å². The number of piperazine rings is 2. The Bertz CT molecular complexity index is 1910. The first-order chi connectivity index (χ1) is 27.4. The minimum atomic E-state index is -1.02. The van der Waals surface area contributed by atoms with Crippen molar-refractivity contribution in [3.63, 3.8) is 0 Å². The number of allylic oxidation sites excluding steroid dienone is 2. The number of nitrogens with zero attached hydrogens (tertiary/aromatic N) is 7. The van der Waals surface area contributed by atoms with Crippen molar-refractivity contribution in [3.05, 3.63) is 95.9 Å².